The second-order valence-electron chi connectivity index (χ2n) is 10.8. The Morgan fingerprint density at radius 1 is 0.902 bits per heavy atom. The highest BCUT2D eigenvalue weighted by Gasteiger charge is 2.33. The van der Waals surface area contributed by atoms with Crippen molar-refractivity contribution in [1.82, 2.24) is 10.2 Å². The molecule has 0 saturated heterocycles. The Hall–Kier alpha value is -3.85. The number of hydrogen-bond acceptors (Lipinski definition) is 5. The lowest BCUT2D eigenvalue weighted by Gasteiger charge is -2.34. The first-order valence-corrected chi connectivity index (χ1v) is 15.5. The molecular formula is C32H41N3O5S. The van der Waals surface area contributed by atoms with Crippen LogP contribution in [0.2, 0.25) is 0 Å². The number of benzene rings is 3. The molecule has 3 aromatic rings. The van der Waals surface area contributed by atoms with Gasteiger partial charge in [-0.05, 0) is 48.6 Å². The minimum atomic E-state index is -3.90. The number of rotatable bonds is 13. The number of aryl methyl sites for hydroxylation is 2. The van der Waals surface area contributed by atoms with Crippen LogP contribution in [-0.2, 0) is 32.6 Å². The summed E-state index contributed by atoms with van der Waals surface area (Å²) >= 11 is 0. The van der Waals surface area contributed by atoms with Gasteiger partial charge >= 0.3 is 0 Å². The monoisotopic (exact) mass is 579 g/mol. The molecule has 220 valence electrons. The van der Waals surface area contributed by atoms with Crippen LogP contribution in [0.5, 0.6) is 5.75 Å². The molecule has 0 aliphatic rings. The van der Waals surface area contributed by atoms with Gasteiger partial charge in [0.2, 0.25) is 21.8 Å². The summed E-state index contributed by atoms with van der Waals surface area (Å²) in [7, 11) is -2.44. The first-order valence-electron chi connectivity index (χ1n) is 13.7. The molecule has 0 spiro atoms. The van der Waals surface area contributed by atoms with Crippen LogP contribution in [0, 0.1) is 19.8 Å². The molecule has 0 heterocycles. The van der Waals surface area contributed by atoms with Crippen molar-refractivity contribution in [3.05, 3.63) is 95.1 Å². The highest BCUT2D eigenvalue weighted by atomic mass is 32.2. The number of nitrogens with zero attached hydrogens (tertiary/aromatic N) is 2. The lowest BCUT2D eigenvalue weighted by Crippen LogP contribution is -2.53. The molecule has 1 N–H and O–H groups in total. The molecular weight excluding hydrogens is 538 g/mol. The largest absolute Gasteiger partial charge is 0.495 e. The molecule has 3 rings (SSSR count). The first-order chi connectivity index (χ1) is 19.4. The average molecular weight is 580 g/mol. The van der Waals surface area contributed by atoms with E-state index in [2.05, 4.69) is 5.32 Å². The van der Waals surface area contributed by atoms with Crippen molar-refractivity contribution < 1.29 is 22.7 Å². The van der Waals surface area contributed by atoms with Gasteiger partial charge in [0.25, 0.3) is 0 Å². The molecule has 0 fully saturated rings. The smallest absolute Gasteiger partial charge is 0.244 e. The number of hydrogen-bond donors (Lipinski definition) is 1. The fraction of sp³-hybridized carbons (Fsp3) is 0.375. The van der Waals surface area contributed by atoms with E-state index in [1.807, 2.05) is 88.4 Å². The lowest BCUT2D eigenvalue weighted by molar-refractivity contribution is -0.140. The molecule has 1 atom stereocenters. The van der Waals surface area contributed by atoms with Crippen LogP contribution >= 0.6 is 0 Å². The molecule has 9 heteroatoms. The Bertz CT molecular complexity index is 1420. The number of nitrogens with one attached hydrogen (secondary N) is 1. The maximum absolute atomic E-state index is 14.2. The van der Waals surface area contributed by atoms with Crippen LogP contribution in [0.15, 0.2) is 72.8 Å². The predicted octanol–water partition coefficient (Wildman–Crippen LogP) is 4.49. The lowest BCUT2D eigenvalue weighted by atomic mass is 10.0. The molecule has 0 radical (unpaired) electrons. The van der Waals surface area contributed by atoms with Crippen molar-refractivity contribution in [2.45, 2.75) is 46.7 Å². The number of sulfonamides is 1. The van der Waals surface area contributed by atoms with Gasteiger partial charge in [-0.1, -0.05) is 80.1 Å². The molecule has 8 nitrogen and oxygen atoms in total. The summed E-state index contributed by atoms with van der Waals surface area (Å²) in [5.41, 5.74) is 3.87. The van der Waals surface area contributed by atoms with Crippen molar-refractivity contribution >= 4 is 27.5 Å². The predicted molar refractivity (Wildman–Crippen MR) is 163 cm³/mol. The number of carbonyl (C=O) groups is 2. The normalized spacial score (nSPS) is 12.1. The van der Waals surface area contributed by atoms with Crippen LogP contribution in [-0.4, -0.2) is 57.6 Å². The zero-order chi connectivity index (χ0) is 30.2. The van der Waals surface area contributed by atoms with Gasteiger partial charge in [0.1, 0.15) is 18.3 Å². The third-order valence-corrected chi connectivity index (χ3v) is 7.84. The molecule has 2 amide bonds. The topological polar surface area (TPSA) is 96.0 Å². The van der Waals surface area contributed by atoms with E-state index >= 15 is 0 Å². The Balaban J connectivity index is 2.08. The van der Waals surface area contributed by atoms with Crippen molar-refractivity contribution in [1.29, 1.82) is 0 Å². The van der Waals surface area contributed by atoms with E-state index in [1.165, 1.54) is 12.0 Å². The molecule has 0 aromatic heterocycles. The number of carbonyl (C=O) groups excluding carboxylic acids is 2. The number of methoxy groups -OCH3 is 1. The Kier molecular flexibility index (Phi) is 10.9. The van der Waals surface area contributed by atoms with E-state index in [4.69, 9.17) is 4.74 Å². The average Bonchev–Trinajstić information content (AvgIpc) is 2.93. The Labute approximate surface area is 244 Å². The van der Waals surface area contributed by atoms with Crippen LogP contribution in [0.1, 0.15) is 36.1 Å². The second kappa shape index (κ2) is 14.2. The minimum absolute atomic E-state index is 0.133. The molecule has 0 saturated carbocycles. The van der Waals surface area contributed by atoms with Crippen LogP contribution in [0.25, 0.3) is 0 Å². The number of anilines is 1. The van der Waals surface area contributed by atoms with Crippen molar-refractivity contribution in [3.63, 3.8) is 0 Å². The van der Waals surface area contributed by atoms with E-state index in [0.29, 0.717) is 12.3 Å². The second-order valence-corrected chi connectivity index (χ2v) is 12.7. The fourth-order valence-electron chi connectivity index (χ4n) is 4.46. The molecule has 0 aliphatic carbocycles. The van der Waals surface area contributed by atoms with Gasteiger partial charge in [-0.3, -0.25) is 13.9 Å². The standard InChI is InChI=1S/C32H41N3O5S/c1-23(2)20-33-32(37)29(19-26-10-8-7-9-11-26)34(21-27-15-12-24(3)13-16-27)31(36)22-35(41(6,38)39)28-18-25(4)14-17-30(28)40-5/h7-18,23,29H,19-22H2,1-6H3,(H,33,37)/t29-/m1/s1. The third-order valence-electron chi connectivity index (χ3n) is 6.71. The maximum atomic E-state index is 14.2. The van der Waals surface area contributed by atoms with Crippen molar-refractivity contribution in [3.8, 4) is 5.75 Å². The fourth-order valence-corrected chi connectivity index (χ4v) is 5.30. The molecule has 0 aliphatic heterocycles. The summed E-state index contributed by atoms with van der Waals surface area (Å²) in [6.07, 6.45) is 1.33. The minimum Gasteiger partial charge on any atom is -0.495 e. The summed E-state index contributed by atoms with van der Waals surface area (Å²) in [4.78, 5) is 29.4. The van der Waals surface area contributed by atoms with Gasteiger partial charge in [-0.25, -0.2) is 8.42 Å². The summed E-state index contributed by atoms with van der Waals surface area (Å²) < 4.78 is 32.6. The van der Waals surface area contributed by atoms with Gasteiger partial charge in [0.15, 0.2) is 0 Å². The quantitative estimate of drug-likeness (QED) is 0.322. The Morgan fingerprint density at radius 2 is 1.54 bits per heavy atom. The molecule has 0 unspecified atom stereocenters. The van der Waals surface area contributed by atoms with Crippen LogP contribution in [0.3, 0.4) is 0 Å². The zero-order valence-electron chi connectivity index (χ0n) is 24.8. The van der Waals surface area contributed by atoms with E-state index in [0.717, 1.165) is 32.8 Å². The van der Waals surface area contributed by atoms with Gasteiger partial charge in [-0.2, -0.15) is 0 Å². The Morgan fingerprint density at radius 3 is 2.12 bits per heavy atom. The molecule has 41 heavy (non-hydrogen) atoms. The molecule has 3 aromatic carbocycles. The first kappa shape index (κ1) is 31.7. The zero-order valence-corrected chi connectivity index (χ0v) is 25.6. The SMILES string of the molecule is COc1ccc(C)cc1N(CC(=O)N(Cc1ccc(C)cc1)[C@H](Cc1ccccc1)C(=O)NCC(C)C)S(C)(=O)=O. The van der Waals surface area contributed by atoms with Crippen LogP contribution in [0.4, 0.5) is 5.69 Å². The van der Waals surface area contributed by atoms with Crippen molar-refractivity contribution in [2.24, 2.45) is 5.92 Å². The molecule has 0 bridgehead atoms. The van der Waals surface area contributed by atoms with Gasteiger partial charge in [0.05, 0.1) is 19.1 Å². The highest BCUT2D eigenvalue weighted by Crippen LogP contribution is 2.31. The van der Waals surface area contributed by atoms with E-state index in [-0.39, 0.29) is 30.5 Å². The van der Waals surface area contributed by atoms with Gasteiger partial charge in [0, 0.05) is 19.5 Å². The summed E-state index contributed by atoms with van der Waals surface area (Å²) in [5, 5.41) is 2.99. The third kappa shape index (κ3) is 9.08. The van der Waals surface area contributed by atoms with E-state index in [1.54, 1.807) is 12.1 Å². The van der Waals surface area contributed by atoms with Crippen LogP contribution < -0.4 is 14.4 Å². The van der Waals surface area contributed by atoms with Gasteiger partial charge in [-0.15, -0.1) is 0 Å². The van der Waals surface area contributed by atoms with E-state index < -0.39 is 28.5 Å². The highest BCUT2D eigenvalue weighted by molar-refractivity contribution is 7.92. The summed E-state index contributed by atoms with van der Waals surface area (Å²) in [6.45, 7) is 7.91. The van der Waals surface area contributed by atoms with E-state index in [9.17, 15) is 18.0 Å². The van der Waals surface area contributed by atoms with Gasteiger partial charge < -0.3 is 15.0 Å². The number of ether oxygens (including phenoxy) is 1. The maximum Gasteiger partial charge on any atom is 0.244 e. The summed E-state index contributed by atoms with van der Waals surface area (Å²) in [6, 6.07) is 21.5. The van der Waals surface area contributed by atoms with Crippen molar-refractivity contribution in [2.75, 3.05) is 30.8 Å². The summed E-state index contributed by atoms with van der Waals surface area (Å²) in [5.74, 6) is -0.247. The number of amides is 2.